The molecule has 3 N–H and O–H groups in total. The number of hydrogen-bond acceptors (Lipinski definition) is 3. The van der Waals surface area contributed by atoms with Gasteiger partial charge in [0, 0.05) is 27.5 Å². The molecule has 1 fully saturated rings. The predicted octanol–water partition coefficient (Wildman–Crippen LogP) is 2.85. The largest absolute Gasteiger partial charge is 0.354 e. The molecule has 3 heterocycles. The van der Waals surface area contributed by atoms with Crippen molar-refractivity contribution >= 4 is 24.7 Å². The van der Waals surface area contributed by atoms with Crippen LogP contribution < -0.4 is 10.8 Å². The summed E-state index contributed by atoms with van der Waals surface area (Å²) in [6.45, 7) is 0.981. The lowest BCUT2D eigenvalue weighted by atomic mass is 9.71. The molecule has 2 aliphatic rings. The molecule has 1 aromatic heterocycles. The van der Waals surface area contributed by atoms with Gasteiger partial charge in [-0.15, -0.1) is 0 Å². The summed E-state index contributed by atoms with van der Waals surface area (Å²) < 4.78 is 14.9. The van der Waals surface area contributed by atoms with Gasteiger partial charge in [-0.25, -0.2) is 9.87 Å². The van der Waals surface area contributed by atoms with Crippen molar-refractivity contribution in [2.45, 2.75) is 24.9 Å². The number of amides is 1. The van der Waals surface area contributed by atoms with Crippen LogP contribution in [0.5, 0.6) is 0 Å². The molecule has 1 saturated heterocycles. The highest BCUT2D eigenvalue weighted by atomic mass is 19.1. The summed E-state index contributed by atoms with van der Waals surface area (Å²) >= 11 is 0. The molecule has 134 valence electrons. The first-order valence-electron chi connectivity index (χ1n) is 8.97. The fraction of sp³-hybridized carbons (Fsp3) is 0.250. The van der Waals surface area contributed by atoms with Crippen LogP contribution in [0.4, 0.5) is 4.39 Å². The van der Waals surface area contributed by atoms with Gasteiger partial charge in [0.25, 0.3) is 5.91 Å². The third-order valence-corrected chi connectivity index (χ3v) is 5.48. The molecule has 3 aromatic rings. The topological polar surface area (TPSA) is 66.1 Å². The lowest BCUT2D eigenvalue weighted by Gasteiger charge is -2.26. The Balaban J connectivity index is 1.66. The highest BCUT2D eigenvalue weighted by Crippen LogP contribution is 2.36. The van der Waals surface area contributed by atoms with Crippen LogP contribution >= 0.6 is 0 Å². The normalized spacial score (nSPS) is 22.0. The van der Waals surface area contributed by atoms with Crippen LogP contribution in [0.2, 0.25) is 0 Å². The van der Waals surface area contributed by atoms with Crippen LogP contribution in [0, 0.1) is 5.82 Å². The number of nitrogens with one attached hydrogen (secondary N) is 3. The van der Waals surface area contributed by atoms with Gasteiger partial charge in [-0.1, -0.05) is 18.2 Å². The average Bonchev–Trinajstić information content (AvgIpc) is 3.21. The van der Waals surface area contributed by atoms with Crippen molar-refractivity contribution in [2.24, 2.45) is 0 Å². The smallest absolute Gasteiger partial charge is 0.275 e. The SMILES string of the molecule is [B][C@@]1(c2ccc(-c3[nH]c4cccc5c4c3CONC5=O)cc2F)CCCN1. The number of carbonyl (C=O) groups is 1. The van der Waals surface area contributed by atoms with Crippen molar-refractivity contribution in [2.75, 3.05) is 6.54 Å². The number of rotatable bonds is 2. The molecule has 2 aromatic carbocycles. The predicted molar refractivity (Wildman–Crippen MR) is 101 cm³/mol. The molecule has 1 amide bonds. The van der Waals surface area contributed by atoms with E-state index in [1.54, 1.807) is 18.2 Å². The third-order valence-electron chi connectivity index (χ3n) is 5.48. The van der Waals surface area contributed by atoms with Crippen LogP contribution in [0.3, 0.4) is 0 Å². The van der Waals surface area contributed by atoms with Gasteiger partial charge < -0.3 is 10.3 Å². The molecule has 5 rings (SSSR count). The first-order valence-corrected chi connectivity index (χ1v) is 8.97. The first kappa shape index (κ1) is 16.5. The Morgan fingerprint density at radius 1 is 1.22 bits per heavy atom. The number of benzene rings is 2. The van der Waals surface area contributed by atoms with Crippen molar-refractivity contribution in [1.82, 2.24) is 15.8 Å². The van der Waals surface area contributed by atoms with Gasteiger partial charge in [0.1, 0.15) is 20.3 Å². The monoisotopic (exact) mass is 361 g/mol. The summed E-state index contributed by atoms with van der Waals surface area (Å²) in [4.78, 5) is 20.8. The van der Waals surface area contributed by atoms with Crippen molar-refractivity contribution in [1.29, 1.82) is 0 Å². The second kappa shape index (κ2) is 5.94. The Morgan fingerprint density at radius 3 is 2.89 bits per heavy atom. The molecule has 7 heteroatoms. The Hall–Kier alpha value is -2.64. The minimum atomic E-state index is -0.818. The molecule has 5 nitrogen and oxygen atoms in total. The lowest BCUT2D eigenvalue weighted by molar-refractivity contribution is 0.0256. The zero-order valence-electron chi connectivity index (χ0n) is 14.6. The van der Waals surface area contributed by atoms with E-state index in [2.05, 4.69) is 15.8 Å². The van der Waals surface area contributed by atoms with Gasteiger partial charge in [-0.3, -0.25) is 9.63 Å². The fourth-order valence-corrected chi connectivity index (χ4v) is 4.15. The highest BCUT2D eigenvalue weighted by molar-refractivity contribution is 6.16. The van der Waals surface area contributed by atoms with Crippen LogP contribution in [-0.2, 0) is 16.9 Å². The minimum Gasteiger partial charge on any atom is -0.354 e. The van der Waals surface area contributed by atoms with Crippen LogP contribution in [0.15, 0.2) is 36.4 Å². The molecule has 2 radical (unpaired) electrons. The fourth-order valence-electron chi connectivity index (χ4n) is 4.15. The number of halogens is 1. The summed E-state index contributed by atoms with van der Waals surface area (Å²) in [7, 11) is 6.33. The Bertz CT molecular complexity index is 1070. The summed E-state index contributed by atoms with van der Waals surface area (Å²) in [5.74, 6) is -0.636. The molecule has 2 aliphatic heterocycles. The molecule has 0 bridgehead atoms. The van der Waals surface area contributed by atoms with Crippen LogP contribution in [0.25, 0.3) is 22.2 Å². The maximum absolute atomic E-state index is 14.9. The summed E-state index contributed by atoms with van der Waals surface area (Å²) in [6.07, 6.45) is 1.62. The number of aromatic nitrogens is 1. The van der Waals surface area contributed by atoms with E-state index in [0.29, 0.717) is 23.1 Å². The Labute approximate surface area is 156 Å². The van der Waals surface area contributed by atoms with E-state index in [1.807, 2.05) is 12.1 Å². The maximum Gasteiger partial charge on any atom is 0.275 e. The molecular formula is C20H17BFN3O2. The van der Waals surface area contributed by atoms with Gasteiger partial charge in [0.05, 0.1) is 11.3 Å². The molecule has 0 aliphatic carbocycles. The summed E-state index contributed by atoms with van der Waals surface area (Å²) in [5, 5.41) is 3.99. The molecule has 0 unspecified atom stereocenters. The van der Waals surface area contributed by atoms with E-state index in [9.17, 15) is 9.18 Å². The first-order chi connectivity index (χ1) is 13.1. The van der Waals surface area contributed by atoms with Crippen molar-refractivity contribution in [3.63, 3.8) is 0 Å². The number of hydrogen-bond donors (Lipinski definition) is 3. The van der Waals surface area contributed by atoms with Crippen molar-refractivity contribution in [3.8, 4) is 11.3 Å². The van der Waals surface area contributed by atoms with E-state index >= 15 is 0 Å². The second-order valence-corrected chi connectivity index (χ2v) is 7.12. The van der Waals surface area contributed by atoms with E-state index in [1.165, 1.54) is 6.07 Å². The van der Waals surface area contributed by atoms with E-state index in [-0.39, 0.29) is 18.3 Å². The summed E-state index contributed by atoms with van der Waals surface area (Å²) in [5.41, 5.74) is 5.69. The zero-order valence-corrected chi connectivity index (χ0v) is 14.6. The minimum absolute atomic E-state index is 0.198. The molecular weight excluding hydrogens is 344 g/mol. The van der Waals surface area contributed by atoms with Crippen LogP contribution in [-0.4, -0.2) is 25.3 Å². The van der Waals surface area contributed by atoms with E-state index < -0.39 is 5.44 Å². The number of aromatic amines is 1. The molecule has 1 atom stereocenters. The van der Waals surface area contributed by atoms with E-state index in [4.69, 9.17) is 12.7 Å². The van der Waals surface area contributed by atoms with Gasteiger partial charge >= 0.3 is 0 Å². The summed E-state index contributed by atoms with van der Waals surface area (Å²) in [6, 6.07) is 10.5. The third kappa shape index (κ3) is 2.50. The van der Waals surface area contributed by atoms with Crippen molar-refractivity contribution < 1.29 is 14.0 Å². The number of carbonyl (C=O) groups excluding carboxylic acids is 1. The lowest BCUT2D eigenvalue weighted by Crippen LogP contribution is -2.38. The molecule has 0 spiro atoms. The van der Waals surface area contributed by atoms with Crippen LogP contribution in [0.1, 0.15) is 34.3 Å². The zero-order chi connectivity index (χ0) is 18.6. The quantitative estimate of drug-likeness (QED) is 0.615. The van der Waals surface area contributed by atoms with Gasteiger partial charge in [0.2, 0.25) is 0 Å². The Morgan fingerprint density at radius 2 is 2.11 bits per heavy atom. The van der Waals surface area contributed by atoms with Gasteiger partial charge in [0.15, 0.2) is 0 Å². The van der Waals surface area contributed by atoms with E-state index in [0.717, 1.165) is 35.1 Å². The standard InChI is InChI=1S/C20H17BFN3O2/c21-20(7-2-8-23-20)14-6-5-11(9-15(14)22)18-13-10-27-25-19(26)12-3-1-4-16(24-18)17(12)13/h1,3-6,9,23-24H,2,7-8,10H2,(H,25,26)/t20-/m0/s1. The molecule has 0 saturated carbocycles. The highest BCUT2D eigenvalue weighted by Gasteiger charge is 2.32. The molecule has 27 heavy (non-hydrogen) atoms. The van der Waals surface area contributed by atoms with Gasteiger partial charge in [-0.05, 0) is 43.1 Å². The number of hydroxylamine groups is 1. The maximum atomic E-state index is 14.9. The number of H-pyrrole nitrogens is 1. The average molecular weight is 361 g/mol. The van der Waals surface area contributed by atoms with Crippen molar-refractivity contribution in [3.05, 3.63) is 58.9 Å². The Kier molecular flexibility index (Phi) is 3.64. The van der Waals surface area contributed by atoms with Gasteiger partial charge in [-0.2, -0.15) is 0 Å². The second-order valence-electron chi connectivity index (χ2n) is 7.12.